The van der Waals surface area contributed by atoms with E-state index in [1.54, 1.807) is 0 Å². The lowest BCUT2D eigenvalue weighted by atomic mass is 9.99. The van der Waals surface area contributed by atoms with Crippen molar-refractivity contribution in [1.82, 2.24) is 5.32 Å². The van der Waals surface area contributed by atoms with Crippen LogP contribution in [-0.2, 0) is 0 Å². The number of aliphatic hydroxyl groups is 1. The van der Waals surface area contributed by atoms with E-state index in [1.165, 1.54) is 16.7 Å². The van der Waals surface area contributed by atoms with Crippen molar-refractivity contribution in [2.24, 2.45) is 0 Å². The minimum absolute atomic E-state index is 0.230. The smallest absolute Gasteiger partial charge is 0.0449 e. The first-order valence-electron chi connectivity index (χ1n) is 6.10. The zero-order valence-electron chi connectivity index (χ0n) is 10.6. The summed E-state index contributed by atoms with van der Waals surface area (Å²) in [6.07, 6.45) is 1.90. The summed E-state index contributed by atoms with van der Waals surface area (Å²) in [4.78, 5) is 0. The minimum Gasteiger partial charge on any atom is -0.396 e. The van der Waals surface area contributed by atoms with Crippen LogP contribution < -0.4 is 5.32 Å². The number of nitrogens with one attached hydrogen (secondary N) is 1. The second-order valence-corrected chi connectivity index (χ2v) is 4.36. The number of hydrogen-bond donors (Lipinski definition) is 2. The molecule has 1 unspecified atom stereocenters. The monoisotopic (exact) mass is 221 g/mol. The fraction of sp³-hybridized carbons (Fsp3) is 0.571. The van der Waals surface area contributed by atoms with E-state index in [0.717, 1.165) is 19.4 Å². The van der Waals surface area contributed by atoms with Gasteiger partial charge in [-0.15, -0.1) is 0 Å². The third-order valence-electron chi connectivity index (χ3n) is 2.99. The van der Waals surface area contributed by atoms with Gasteiger partial charge in [0.25, 0.3) is 0 Å². The van der Waals surface area contributed by atoms with Gasteiger partial charge >= 0.3 is 0 Å². The van der Waals surface area contributed by atoms with E-state index in [2.05, 4.69) is 44.3 Å². The molecule has 0 radical (unpaired) electrons. The highest BCUT2D eigenvalue weighted by Gasteiger charge is 2.10. The van der Waals surface area contributed by atoms with Crippen LogP contribution in [0.4, 0.5) is 0 Å². The molecule has 0 aliphatic heterocycles. The van der Waals surface area contributed by atoms with Crippen LogP contribution >= 0.6 is 0 Å². The fourth-order valence-corrected chi connectivity index (χ4v) is 1.82. The Morgan fingerprint density at radius 1 is 1.25 bits per heavy atom. The molecule has 0 aliphatic rings. The fourth-order valence-electron chi connectivity index (χ4n) is 1.82. The van der Waals surface area contributed by atoms with Crippen molar-refractivity contribution in [2.45, 2.75) is 39.7 Å². The quantitative estimate of drug-likeness (QED) is 0.774. The highest BCUT2D eigenvalue weighted by Crippen LogP contribution is 2.19. The second-order valence-electron chi connectivity index (χ2n) is 4.36. The van der Waals surface area contributed by atoms with Crippen LogP contribution in [0.15, 0.2) is 18.2 Å². The third kappa shape index (κ3) is 3.62. The van der Waals surface area contributed by atoms with Crippen LogP contribution in [0, 0.1) is 13.8 Å². The molecular formula is C14H23NO. The Morgan fingerprint density at radius 3 is 2.56 bits per heavy atom. The summed E-state index contributed by atoms with van der Waals surface area (Å²) < 4.78 is 0. The summed E-state index contributed by atoms with van der Waals surface area (Å²) in [5, 5.41) is 12.6. The normalized spacial score (nSPS) is 12.8. The number of aliphatic hydroxyl groups excluding tert-OH is 1. The van der Waals surface area contributed by atoms with Crippen LogP contribution in [0.2, 0.25) is 0 Å². The van der Waals surface area contributed by atoms with Gasteiger partial charge in [0, 0.05) is 12.6 Å². The Bertz CT molecular complexity index is 323. The molecule has 0 fully saturated rings. The molecule has 1 atom stereocenters. The average molecular weight is 221 g/mol. The van der Waals surface area contributed by atoms with Crippen LogP contribution in [-0.4, -0.2) is 18.3 Å². The van der Waals surface area contributed by atoms with Gasteiger partial charge in [0.1, 0.15) is 0 Å². The molecule has 2 heteroatoms. The summed E-state index contributed by atoms with van der Waals surface area (Å²) >= 11 is 0. The molecule has 0 amide bonds. The molecule has 1 aromatic rings. The first kappa shape index (κ1) is 13.2. The first-order valence-corrected chi connectivity index (χ1v) is 6.10. The molecule has 0 heterocycles. The molecule has 0 saturated carbocycles. The number of hydrogen-bond acceptors (Lipinski definition) is 2. The zero-order valence-corrected chi connectivity index (χ0v) is 10.6. The Kier molecular flexibility index (Phi) is 5.50. The first-order chi connectivity index (χ1) is 7.69. The molecule has 2 nitrogen and oxygen atoms in total. The molecule has 16 heavy (non-hydrogen) atoms. The molecule has 0 aliphatic carbocycles. The van der Waals surface area contributed by atoms with Crippen LogP contribution in [0.25, 0.3) is 0 Å². The third-order valence-corrected chi connectivity index (χ3v) is 2.99. The number of benzene rings is 1. The minimum atomic E-state index is 0.230. The summed E-state index contributed by atoms with van der Waals surface area (Å²) in [5.41, 5.74) is 3.92. The maximum atomic E-state index is 9.08. The Balaban J connectivity index is 2.78. The highest BCUT2D eigenvalue weighted by molar-refractivity contribution is 5.31. The van der Waals surface area contributed by atoms with E-state index >= 15 is 0 Å². The Morgan fingerprint density at radius 2 is 2.00 bits per heavy atom. The Hall–Kier alpha value is -0.860. The largest absolute Gasteiger partial charge is 0.396 e. The van der Waals surface area contributed by atoms with Crippen molar-refractivity contribution in [3.05, 3.63) is 34.9 Å². The number of rotatable bonds is 6. The SMILES string of the molecule is CCCNC(CCO)c1ccc(C)c(C)c1. The molecule has 2 N–H and O–H groups in total. The van der Waals surface area contributed by atoms with E-state index in [-0.39, 0.29) is 12.6 Å². The second kappa shape index (κ2) is 6.66. The van der Waals surface area contributed by atoms with Gasteiger partial charge in [0.15, 0.2) is 0 Å². The van der Waals surface area contributed by atoms with Crippen molar-refractivity contribution >= 4 is 0 Å². The van der Waals surface area contributed by atoms with Crippen LogP contribution in [0.5, 0.6) is 0 Å². The van der Waals surface area contributed by atoms with Crippen molar-refractivity contribution < 1.29 is 5.11 Å². The van der Waals surface area contributed by atoms with Crippen molar-refractivity contribution in [3.63, 3.8) is 0 Å². The molecule has 0 bridgehead atoms. The maximum absolute atomic E-state index is 9.08. The average Bonchev–Trinajstić information content (AvgIpc) is 2.28. The molecule has 1 rings (SSSR count). The van der Waals surface area contributed by atoms with Crippen molar-refractivity contribution in [1.29, 1.82) is 0 Å². The van der Waals surface area contributed by atoms with E-state index in [9.17, 15) is 0 Å². The zero-order chi connectivity index (χ0) is 12.0. The topological polar surface area (TPSA) is 32.3 Å². The molecule has 90 valence electrons. The molecule has 0 saturated heterocycles. The summed E-state index contributed by atoms with van der Waals surface area (Å²) in [6.45, 7) is 7.64. The predicted molar refractivity (Wildman–Crippen MR) is 68.7 cm³/mol. The Labute approximate surface area is 98.7 Å². The standard InChI is InChI=1S/C14H23NO/c1-4-8-15-14(7-9-16)13-6-5-11(2)12(3)10-13/h5-6,10,14-16H,4,7-9H2,1-3H3. The lowest BCUT2D eigenvalue weighted by molar-refractivity contribution is 0.265. The van der Waals surface area contributed by atoms with Crippen molar-refractivity contribution in [3.8, 4) is 0 Å². The maximum Gasteiger partial charge on any atom is 0.0449 e. The lowest BCUT2D eigenvalue weighted by Gasteiger charge is -2.19. The van der Waals surface area contributed by atoms with Gasteiger partial charge in [-0.25, -0.2) is 0 Å². The molecule has 0 spiro atoms. The van der Waals surface area contributed by atoms with Gasteiger partial charge in [0.2, 0.25) is 0 Å². The van der Waals surface area contributed by atoms with Crippen LogP contribution in [0.3, 0.4) is 0 Å². The number of aryl methyl sites for hydroxylation is 2. The summed E-state index contributed by atoms with van der Waals surface area (Å²) in [6, 6.07) is 6.82. The van der Waals surface area contributed by atoms with Gasteiger partial charge in [-0.05, 0) is 49.9 Å². The van der Waals surface area contributed by atoms with E-state index in [1.807, 2.05) is 0 Å². The van der Waals surface area contributed by atoms with E-state index < -0.39 is 0 Å². The van der Waals surface area contributed by atoms with Gasteiger partial charge in [-0.3, -0.25) is 0 Å². The van der Waals surface area contributed by atoms with Crippen LogP contribution in [0.1, 0.15) is 42.5 Å². The van der Waals surface area contributed by atoms with Crippen molar-refractivity contribution in [2.75, 3.05) is 13.2 Å². The molecule has 1 aromatic carbocycles. The lowest BCUT2D eigenvalue weighted by Crippen LogP contribution is -2.23. The van der Waals surface area contributed by atoms with Gasteiger partial charge in [-0.2, -0.15) is 0 Å². The van der Waals surface area contributed by atoms with Gasteiger partial charge in [-0.1, -0.05) is 25.1 Å². The van der Waals surface area contributed by atoms with Gasteiger partial charge < -0.3 is 10.4 Å². The van der Waals surface area contributed by atoms with E-state index in [4.69, 9.17) is 5.11 Å². The predicted octanol–water partition coefficient (Wildman–Crippen LogP) is 2.73. The summed E-state index contributed by atoms with van der Waals surface area (Å²) in [5.74, 6) is 0. The van der Waals surface area contributed by atoms with Gasteiger partial charge in [0.05, 0.1) is 0 Å². The molecule has 0 aromatic heterocycles. The highest BCUT2D eigenvalue weighted by atomic mass is 16.3. The summed E-state index contributed by atoms with van der Waals surface area (Å²) in [7, 11) is 0. The van der Waals surface area contributed by atoms with E-state index in [0.29, 0.717) is 0 Å². The molecular weight excluding hydrogens is 198 g/mol.